The fourth-order valence-electron chi connectivity index (χ4n) is 3.04. The van der Waals surface area contributed by atoms with Crippen LogP contribution in [-0.4, -0.2) is 71.8 Å². The molecule has 1 saturated heterocycles. The molecule has 1 heterocycles. The highest BCUT2D eigenvalue weighted by Crippen LogP contribution is 2.19. The lowest BCUT2D eigenvalue weighted by atomic mass is 10.1. The topological polar surface area (TPSA) is 111 Å². The van der Waals surface area contributed by atoms with Crippen molar-refractivity contribution in [3.8, 4) is 0 Å². The van der Waals surface area contributed by atoms with Crippen molar-refractivity contribution < 1.29 is 19.2 Å². The van der Waals surface area contributed by atoms with Crippen molar-refractivity contribution in [2.24, 2.45) is 0 Å². The minimum atomic E-state index is -0.617. The lowest BCUT2D eigenvalue weighted by molar-refractivity contribution is -0.147. The maximum atomic E-state index is 12.7. The molecule has 1 aliphatic heterocycles. The van der Waals surface area contributed by atoms with E-state index in [-0.39, 0.29) is 24.0 Å². The third-order valence-corrected chi connectivity index (χ3v) is 4.77. The molecule has 1 saturated carbocycles. The number of piperazine rings is 1. The van der Waals surface area contributed by atoms with Crippen LogP contribution >= 0.6 is 0 Å². The Morgan fingerprint density at radius 3 is 2.07 bits per heavy atom. The van der Waals surface area contributed by atoms with Crippen LogP contribution in [0.15, 0.2) is 24.3 Å². The van der Waals surface area contributed by atoms with Gasteiger partial charge >= 0.3 is 17.8 Å². The van der Waals surface area contributed by atoms with Gasteiger partial charge < -0.3 is 25.8 Å². The Bertz CT molecular complexity index is 781. The molecule has 29 heavy (non-hydrogen) atoms. The van der Waals surface area contributed by atoms with Crippen LogP contribution in [0.5, 0.6) is 0 Å². The van der Waals surface area contributed by atoms with Crippen molar-refractivity contribution in [1.82, 2.24) is 20.4 Å². The summed E-state index contributed by atoms with van der Waals surface area (Å²) in [4.78, 5) is 51.6. The van der Waals surface area contributed by atoms with Crippen molar-refractivity contribution in [3.63, 3.8) is 0 Å². The average molecular weight is 401 g/mol. The van der Waals surface area contributed by atoms with E-state index in [0.29, 0.717) is 37.4 Å². The summed E-state index contributed by atoms with van der Waals surface area (Å²) in [6, 6.07) is 6.65. The van der Waals surface area contributed by atoms with Gasteiger partial charge in [-0.15, -0.1) is 0 Å². The number of hydrogen-bond acceptors (Lipinski definition) is 4. The molecule has 2 aliphatic rings. The quantitative estimate of drug-likeness (QED) is 0.648. The first-order chi connectivity index (χ1) is 13.8. The van der Waals surface area contributed by atoms with Gasteiger partial charge in [0.25, 0.3) is 5.91 Å². The van der Waals surface area contributed by atoms with Gasteiger partial charge in [-0.25, -0.2) is 4.79 Å². The van der Waals surface area contributed by atoms with Crippen LogP contribution in [0.4, 0.5) is 10.5 Å². The third kappa shape index (κ3) is 5.69. The molecule has 9 nitrogen and oxygen atoms in total. The average Bonchev–Trinajstić information content (AvgIpc) is 3.51. The zero-order valence-electron chi connectivity index (χ0n) is 16.7. The number of nitrogens with one attached hydrogen (secondary N) is 3. The van der Waals surface area contributed by atoms with E-state index in [4.69, 9.17) is 0 Å². The van der Waals surface area contributed by atoms with Gasteiger partial charge in [0.2, 0.25) is 0 Å². The number of rotatable bonds is 4. The molecule has 9 heteroatoms. The Morgan fingerprint density at radius 2 is 1.52 bits per heavy atom. The first-order valence-corrected chi connectivity index (χ1v) is 9.90. The van der Waals surface area contributed by atoms with Crippen LogP contribution in [-0.2, 0) is 9.59 Å². The predicted molar refractivity (Wildman–Crippen MR) is 107 cm³/mol. The molecular weight excluding hydrogens is 374 g/mol. The van der Waals surface area contributed by atoms with Crippen LogP contribution in [0.25, 0.3) is 0 Å². The Kier molecular flexibility index (Phi) is 6.36. The van der Waals surface area contributed by atoms with E-state index in [2.05, 4.69) is 16.0 Å². The van der Waals surface area contributed by atoms with Gasteiger partial charge in [0.15, 0.2) is 0 Å². The molecule has 5 amide bonds. The van der Waals surface area contributed by atoms with Gasteiger partial charge in [0.05, 0.1) is 0 Å². The molecule has 0 unspecified atom stereocenters. The van der Waals surface area contributed by atoms with E-state index in [1.54, 1.807) is 43.0 Å². The second-order valence-electron chi connectivity index (χ2n) is 7.66. The number of carbonyl (C=O) groups is 4. The van der Waals surface area contributed by atoms with Crippen LogP contribution in [0.3, 0.4) is 0 Å². The molecule has 2 fully saturated rings. The third-order valence-electron chi connectivity index (χ3n) is 4.77. The van der Waals surface area contributed by atoms with Crippen LogP contribution in [0, 0.1) is 0 Å². The molecule has 1 aliphatic carbocycles. The summed E-state index contributed by atoms with van der Waals surface area (Å²) in [5.74, 6) is -1.32. The SMILES string of the molecule is CC(C)NC(=O)C(=O)N1CCN(C(=O)c2ccc(NC(=O)NC3CC3)cc2)CC1. The number of carbonyl (C=O) groups excluding carboxylic acids is 4. The van der Waals surface area contributed by atoms with Crippen LogP contribution in [0.1, 0.15) is 37.0 Å². The smallest absolute Gasteiger partial charge is 0.319 e. The van der Waals surface area contributed by atoms with Crippen LogP contribution < -0.4 is 16.0 Å². The molecule has 3 N–H and O–H groups in total. The lowest BCUT2D eigenvalue weighted by Crippen LogP contribution is -2.54. The van der Waals surface area contributed by atoms with Gasteiger partial charge in [0.1, 0.15) is 0 Å². The Morgan fingerprint density at radius 1 is 0.931 bits per heavy atom. The molecule has 3 rings (SSSR count). The summed E-state index contributed by atoms with van der Waals surface area (Å²) in [6.07, 6.45) is 2.03. The summed E-state index contributed by atoms with van der Waals surface area (Å²) in [5.41, 5.74) is 1.13. The molecule has 0 aromatic heterocycles. The lowest BCUT2D eigenvalue weighted by Gasteiger charge is -2.34. The highest BCUT2D eigenvalue weighted by atomic mass is 16.2. The van der Waals surface area contributed by atoms with Crippen LogP contribution in [0.2, 0.25) is 0 Å². The van der Waals surface area contributed by atoms with Gasteiger partial charge in [-0.1, -0.05) is 0 Å². The number of amides is 5. The number of hydrogen-bond donors (Lipinski definition) is 3. The summed E-state index contributed by atoms with van der Waals surface area (Å²) < 4.78 is 0. The number of anilines is 1. The highest BCUT2D eigenvalue weighted by molar-refractivity contribution is 6.35. The molecule has 0 radical (unpaired) electrons. The normalized spacial score (nSPS) is 16.4. The van der Waals surface area contributed by atoms with Crippen molar-refractivity contribution in [2.75, 3.05) is 31.5 Å². The van der Waals surface area contributed by atoms with Gasteiger partial charge in [-0.2, -0.15) is 0 Å². The van der Waals surface area contributed by atoms with E-state index in [1.165, 1.54) is 4.90 Å². The Balaban J connectivity index is 1.49. The van der Waals surface area contributed by atoms with E-state index in [1.807, 2.05) is 0 Å². The summed E-state index contributed by atoms with van der Waals surface area (Å²) in [6.45, 7) is 4.95. The maximum absolute atomic E-state index is 12.7. The molecular formula is C20H27N5O4. The number of nitrogens with zero attached hydrogens (tertiary/aromatic N) is 2. The second kappa shape index (κ2) is 8.93. The maximum Gasteiger partial charge on any atom is 0.319 e. The molecule has 0 atom stereocenters. The van der Waals surface area contributed by atoms with Gasteiger partial charge in [-0.05, 0) is 51.0 Å². The van der Waals surface area contributed by atoms with Crippen molar-refractivity contribution >= 4 is 29.4 Å². The summed E-state index contributed by atoms with van der Waals surface area (Å²) in [5, 5.41) is 8.17. The second-order valence-corrected chi connectivity index (χ2v) is 7.66. The van der Waals surface area contributed by atoms with E-state index < -0.39 is 11.8 Å². The fourth-order valence-corrected chi connectivity index (χ4v) is 3.04. The standard InChI is InChI=1S/C20H27N5O4/c1-13(2)21-17(26)19(28)25-11-9-24(10-12-25)18(27)14-3-5-15(6-4-14)22-20(29)23-16-7-8-16/h3-6,13,16H,7-12H2,1-2H3,(H,21,26)(H2,22,23,29). The first-order valence-electron chi connectivity index (χ1n) is 9.90. The first kappa shape index (κ1) is 20.6. The zero-order chi connectivity index (χ0) is 21.0. The Labute approximate surface area is 169 Å². The van der Waals surface area contributed by atoms with E-state index in [0.717, 1.165) is 12.8 Å². The predicted octanol–water partition coefficient (Wildman–Crippen LogP) is 0.780. The molecule has 0 bridgehead atoms. The highest BCUT2D eigenvalue weighted by Gasteiger charge is 2.28. The largest absolute Gasteiger partial charge is 0.346 e. The minimum absolute atomic E-state index is 0.105. The van der Waals surface area contributed by atoms with E-state index in [9.17, 15) is 19.2 Å². The number of urea groups is 1. The van der Waals surface area contributed by atoms with Gasteiger partial charge in [-0.3, -0.25) is 14.4 Å². The minimum Gasteiger partial charge on any atom is -0.346 e. The Hall–Kier alpha value is -3.10. The summed E-state index contributed by atoms with van der Waals surface area (Å²) in [7, 11) is 0. The molecule has 0 spiro atoms. The van der Waals surface area contributed by atoms with Crippen molar-refractivity contribution in [2.45, 2.75) is 38.8 Å². The monoisotopic (exact) mass is 401 g/mol. The fraction of sp³-hybridized carbons (Fsp3) is 0.500. The molecule has 1 aromatic rings. The van der Waals surface area contributed by atoms with Gasteiger partial charge in [0, 0.05) is 49.5 Å². The molecule has 1 aromatic carbocycles. The van der Waals surface area contributed by atoms with E-state index >= 15 is 0 Å². The van der Waals surface area contributed by atoms with Crippen molar-refractivity contribution in [3.05, 3.63) is 29.8 Å². The van der Waals surface area contributed by atoms with Crippen molar-refractivity contribution in [1.29, 1.82) is 0 Å². The molecule has 156 valence electrons. The summed E-state index contributed by atoms with van der Waals surface area (Å²) >= 11 is 0. The number of benzene rings is 1. The zero-order valence-corrected chi connectivity index (χ0v) is 16.7.